The lowest BCUT2D eigenvalue weighted by atomic mass is 9.80. The molecule has 0 atom stereocenters. The predicted molar refractivity (Wildman–Crippen MR) is 226 cm³/mol. The summed E-state index contributed by atoms with van der Waals surface area (Å²) in [5.74, 6) is 0. The van der Waals surface area contributed by atoms with Crippen LogP contribution in [0.5, 0.6) is 0 Å². The molecule has 1 nitrogen and oxygen atoms in total. The average Bonchev–Trinajstić information content (AvgIpc) is 3.58. The lowest BCUT2D eigenvalue weighted by Crippen LogP contribution is -2.16. The quantitative estimate of drug-likeness (QED) is 0.180. The Morgan fingerprint density at radius 2 is 0.774 bits per heavy atom. The van der Waals surface area contributed by atoms with Gasteiger partial charge in [0.15, 0.2) is 0 Å². The van der Waals surface area contributed by atoms with Crippen molar-refractivity contribution in [2.24, 2.45) is 0 Å². The molecular formula is C52H39N. The second-order valence-electron chi connectivity index (χ2n) is 16.1. The van der Waals surface area contributed by atoms with Crippen molar-refractivity contribution in [3.63, 3.8) is 0 Å². The molecule has 0 amide bonds. The van der Waals surface area contributed by atoms with Crippen LogP contribution in [0.15, 0.2) is 164 Å². The minimum Gasteiger partial charge on any atom is -0.310 e. The van der Waals surface area contributed by atoms with Crippen LogP contribution < -0.4 is 4.90 Å². The van der Waals surface area contributed by atoms with Crippen LogP contribution >= 0.6 is 0 Å². The maximum absolute atomic E-state index is 2.42. The molecule has 1 heteroatoms. The van der Waals surface area contributed by atoms with Gasteiger partial charge in [-0.2, -0.15) is 0 Å². The molecule has 0 saturated carbocycles. The number of para-hydroxylation sites is 1. The van der Waals surface area contributed by atoms with E-state index in [0.29, 0.717) is 0 Å². The monoisotopic (exact) mass is 677 g/mol. The van der Waals surface area contributed by atoms with E-state index in [-0.39, 0.29) is 10.8 Å². The van der Waals surface area contributed by atoms with E-state index in [2.05, 4.69) is 196 Å². The van der Waals surface area contributed by atoms with Gasteiger partial charge >= 0.3 is 0 Å². The molecule has 11 rings (SSSR count). The highest BCUT2D eigenvalue weighted by molar-refractivity contribution is 6.09. The van der Waals surface area contributed by atoms with Crippen molar-refractivity contribution >= 4 is 60.2 Å². The zero-order valence-electron chi connectivity index (χ0n) is 30.5. The van der Waals surface area contributed by atoms with E-state index in [0.717, 1.165) is 17.1 Å². The van der Waals surface area contributed by atoms with Crippen LogP contribution in [-0.4, -0.2) is 0 Å². The Morgan fingerprint density at radius 3 is 1.26 bits per heavy atom. The Balaban J connectivity index is 1.07. The summed E-state index contributed by atoms with van der Waals surface area (Å²) in [4.78, 5) is 2.42. The van der Waals surface area contributed by atoms with Gasteiger partial charge in [-0.25, -0.2) is 0 Å². The molecule has 2 aliphatic carbocycles. The lowest BCUT2D eigenvalue weighted by molar-refractivity contribution is 0.666. The van der Waals surface area contributed by atoms with Gasteiger partial charge in [-0.05, 0) is 124 Å². The number of benzene rings is 9. The summed E-state index contributed by atoms with van der Waals surface area (Å²) >= 11 is 0. The Hall–Kier alpha value is -6.18. The first-order chi connectivity index (χ1) is 25.8. The highest BCUT2D eigenvalue weighted by Gasteiger charge is 2.39. The normalized spacial score (nSPS) is 14.7. The summed E-state index contributed by atoms with van der Waals surface area (Å²) in [7, 11) is 0. The smallest absolute Gasteiger partial charge is 0.0468 e. The molecule has 9 aromatic rings. The third-order valence-corrected chi connectivity index (χ3v) is 12.5. The van der Waals surface area contributed by atoms with Gasteiger partial charge < -0.3 is 4.90 Å². The Morgan fingerprint density at radius 1 is 0.340 bits per heavy atom. The van der Waals surface area contributed by atoms with Gasteiger partial charge in [0.2, 0.25) is 0 Å². The molecule has 0 heterocycles. The predicted octanol–water partition coefficient (Wildman–Crippen LogP) is 14.4. The summed E-state index contributed by atoms with van der Waals surface area (Å²) in [6.45, 7) is 9.57. The molecule has 0 saturated heterocycles. The molecule has 0 N–H and O–H groups in total. The first-order valence-corrected chi connectivity index (χ1v) is 18.9. The van der Waals surface area contributed by atoms with Crippen molar-refractivity contribution in [3.05, 3.63) is 186 Å². The van der Waals surface area contributed by atoms with Gasteiger partial charge in [-0.3, -0.25) is 0 Å². The van der Waals surface area contributed by atoms with Gasteiger partial charge in [-0.1, -0.05) is 155 Å². The Kier molecular flexibility index (Phi) is 6.14. The van der Waals surface area contributed by atoms with Gasteiger partial charge in [-0.15, -0.1) is 0 Å². The summed E-state index contributed by atoms with van der Waals surface area (Å²) in [6.07, 6.45) is 0. The van der Waals surface area contributed by atoms with E-state index in [1.807, 2.05) is 0 Å². The topological polar surface area (TPSA) is 3.24 Å². The van der Waals surface area contributed by atoms with E-state index in [4.69, 9.17) is 0 Å². The summed E-state index contributed by atoms with van der Waals surface area (Å²) in [6, 6.07) is 61.3. The minimum absolute atomic E-state index is 0.104. The molecule has 0 spiro atoms. The standard InChI is InChI=1S/C52H39N/c1-51(2)45-28-20-32-12-8-10-16-39(32)47(45)43-24-18-34-30-37(22-26-41(34)49(43)51)53(36-14-6-5-7-15-36)38-23-27-42-35(31-38)19-25-44-48-40-17-11-9-13-33(40)21-29-46(48)52(3,4)50(42)44/h5-31H,1-4H3. The number of rotatable bonds is 3. The molecule has 0 unspecified atom stereocenters. The second-order valence-corrected chi connectivity index (χ2v) is 16.1. The first-order valence-electron chi connectivity index (χ1n) is 18.9. The van der Waals surface area contributed by atoms with E-state index in [1.165, 1.54) is 87.6 Å². The number of fused-ring (bicyclic) bond motifs is 14. The molecule has 0 aromatic heterocycles. The zero-order valence-corrected chi connectivity index (χ0v) is 30.5. The number of nitrogens with zero attached hydrogens (tertiary/aromatic N) is 1. The maximum Gasteiger partial charge on any atom is 0.0468 e. The van der Waals surface area contributed by atoms with E-state index in [9.17, 15) is 0 Å². The third-order valence-electron chi connectivity index (χ3n) is 12.5. The number of hydrogen-bond donors (Lipinski definition) is 0. The molecule has 2 aliphatic rings. The van der Waals surface area contributed by atoms with Crippen molar-refractivity contribution in [1.29, 1.82) is 0 Å². The molecule has 53 heavy (non-hydrogen) atoms. The molecule has 0 aliphatic heterocycles. The highest BCUT2D eigenvalue weighted by Crippen LogP contribution is 2.55. The number of anilines is 3. The van der Waals surface area contributed by atoms with Crippen LogP contribution in [0.4, 0.5) is 17.1 Å². The van der Waals surface area contributed by atoms with Crippen LogP contribution in [0.2, 0.25) is 0 Å². The summed E-state index contributed by atoms with van der Waals surface area (Å²) in [5, 5.41) is 10.4. The lowest BCUT2D eigenvalue weighted by Gasteiger charge is -2.28. The van der Waals surface area contributed by atoms with Crippen LogP contribution in [0.1, 0.15) is 49.9 Å². The van der Waals surface area contributed by atoms with E-state index in [1.54, 1.807) is 0 Å². The summed E-state index contributed by atoms with van der Waals surface area (Å²) < 4.78 is 0. The summed E-state index contributed by atoms with van der Waals surface area (Å²) in [5.41, 5.74) is 14.4. The molecule has 0 bridgehead atoms. The first kappa shape index (κ1) is 30.4. The van der Waals surface area contributed by atoms with Crippen molar-refractivity contribution in [2.45, 2.75) is 38.5 Å². The Bertz CT molecular complexity index is 2810. The number of hydrogen-bond acceptors (Lipinski definition) is 1. The second kappa shape index (κ2) is 10.7. The molecular weight excluding hydrogens is 639 g/mol. The van der Waals surface area contributed by atoms with Gasteiger partial charge in [0.25, 0.3) is 0 Å². The largest absolute Gasteiger partial charge is 0.310 e. The zero-order chi connectivity index (χ0) is 35.6. The molecule has 0 fully saturated rings. The SMILES string of the molecule is CC1(C)c2ccc3ccccc3c2-c2ccc3cc(N(c4ccccc4)c4ccc5c6c(ccc5c4)-c4c(ccc5ccccc45)C6(C)C)ccc3c21. The van der Waals surface area contributed by atoms with Gasteiger partial charge in [0, 0.05) is 27.9 Å². The van der Waals surface area contributed by atoms with Crippen molar-refractivity contribution < 1.29 is 0 Å². The van der Waals surface area contributed by atoms with Crippen molar-refractivity contribution in [2.75, 3.05) is 4.90 Å². The van der Waals surface area contributed by atoms with Crippen LogP contribution in [0, 0.1) is 0 Å². The maximum atomic E-state index is 2.42. The van der Waals surface area contributed by atoms with E-state index < -0.39 is 0 Å². The van der Waals surface area contributed by atoms with Gasteiger partial charge in [0.05, 0.1) is 0 Å². The third kappa shape index (κ3) is 4.14. The fourth-order valence-corrected chi connectivity index (χ4v) is 10.1. The van der Waals surface area contributed by atoms with Crippen LogP contribution in [0.3, 0.4) is 0 Å². The van der Waals surface area contributed by atoms with Crippen molar-refractivity contribution in [1.82, 2.24) is 0 Å². The molecule has 252 valence electrons. The van der Waals surface area contributed by atoms with Crippen LogP contribution in [-0.2, 0) is 10.8 Å². The average molecular weight is 678 g/mol. The molecule has 0 radical (unpaired) electrons. The fraction of sp³-hybridized carbons (Fsp3) is 0.115. The van der Waals surface area contributed by atoms with Crippen LogP contribution in [0.25, 0.3) is 65.3 Å². The highest BCUT2D eigenvalue weighted by atomic mass is 15.1. The Labute approximate surface area is 310 Å². The van der Waals surface area contributed by atoms with E-state index >= 15 is 0 Å². The van der Waals surface area contributed by atoms with Crippen molar-refractivity contribution in [3.8, 4) is 22.3 Å². The fourth-order valence-electron chi connectivity index (χ4n) is 10.1. The minimum atomic E-state index is -0.104. The van der Waals surface area contributed by atoms with Gasteiger partial charge in [0.1, 0.15) is 0 Å². The molecule has 9 aromatic carbocycles.